The lowest BCUT2D eigenvalue weighted by Crippen LogP contribution is -2.21. The van der Waals surface area contributed by atoms with Gasteiger partial charge in [-0.15, -0.1) is 0 Å². The van der Waals surface area contributed by atoms with Crippen molar-refractivity contribution < 1.29 is 0 Å². The van der Waals surface area contributed by atoms with E-state index in [9.17, 15) is 0 Å². The highest BCUT2D eigenvalue weighted by molar-refractivity contribution is 6.31. The molecule has 0 bridgehead atoms. The van der Waals surface area contributed by atoms with Crippen molar-refractivity contribution in [3.8, 4) is 22.4 Å². The summed E-state index contributed by atoms with van der Waals surface area (Å²) in [7, 11) is 0. The van der Waals surface area contributed by atoms with Gasteiger partial charge in [-0.1, -0.05) is 78.3 Å². The Morgan fingerprint density at radius 3 is 2.30 bits per heavy atom. The average molecular weight is 415 g/mol. The monoisotopic (exact) mass is 414 g/mol. The minimum Gasteiger partial charge on any atom is -0.368 e. The maximum absolute atomic E-state index is 6.39. The summed E-state index contributed by atoms with van der Waals surface area (Å²) < 4.78 is 0. The molecule has 5 heteroatoms. The van der Waals surface area contributed by atoms with Crippen LogP contribution in [0.3, 0.4) is 0 Å². The zero-order valence-electron chi connectivity index (χ0n) is 16.7. The van der Waals surface area contributed by atoms with Crippen molar-refractivity contribution in [1.82, 2.24) is 9.97 Å². The highest BCUT2D eigenvalue weighted by Gasteiger charge is 2.09. The summed E-state index contributed by atoms with van der Waals surface area (Å²) >= 11 is 6.25. The van der Waals surface area contributed by atoms with Gasteiger partial charge >= 0.3 is 0 Å². The number of halogens is 1. The molecule has 0 saturated carbocycles. The third-order valence-corrected chi connectivity index (χ3v) is 5.49. The van der Waals surface area contributed by atoms with E-state index in [-0.39, 0.29) is 6.04 Å². The standard InChI is InChI=1S/C25H23ClN4/c1-17-7-8-21(13-22(17)26)24-14-25(30-16-29-24)28-15-23(27)20-11-9-19(10-12-20)18-5-3-2-4-6-18/h2-14,16,23H,15,27H2,1H3,(H,28,29,30)/t23-/m0/s1. The number of rotatable bonds is 6. The van der Waals surface area contributed by atoms with Gasteiger partial charge in [0.2, 0.25) is 0 Å². The zero-order valence-corrected chi connectivity index (χ0v) is 17.5. The first kappa shape index (κ1) is 20.1. The number of anilines is 1. The molecule has 1 aromatic heterocycles. The normalized spacial score (nSPS) is 11.8. The van der Waals surface area contributed by atoms with Gasteiger partial charge in [-0.05, 0) is 35.2 Å². The van der Waals surface area contributed by atoms with Crippen molar-refractivity contribution in [2.45, 2.75) is 13.0 Å². The van der Waals surface area contributed by atoms with E-state index in [0.29, 0.717) is 6.54 Å². The van der Waals surface area contributed by atoms with Crippen molar-refractivity contribution in [3.05, 3.63) is 101 Å². The van der Waals surface area contributed by atoms with Crippen LogP contribution >= 0.6 is 11.6 Å². The van der Waals surface area contributed by atoms with E-state index in [1.807, 2.05) is 49.4 Å². The number of benzene rings is 3. The maximum Gasteiger partial charge on any atom is 0.130 e. The first-order valence-corrected chi connectivity index (χ1v) is 10.2. The molecule has 1 heterocycles. The maximum atomic E-state index is 6.39. The number of nitrogens with two attached hydrogens (primary N) is 1. The Hall–Kier alpha value is -3.21. The first-order valence-electron chi connectivity index (χ1n) is 9.83. The molecule has 0 saturated heterocycles. The van der Waals surface area contributed by atoms with Crippen LogP contribution in [0.25, 0.3) is 22.4 Å². The number of hydrogen-bond acceptors (Lipinski definition) is 4. The Morgan fingerprint density at radius 2 is 1.57 bits per heavy atom. The summed E-state index contributed by atoms with van der Waals surface area (Å²) in [6, 6.07) is 26.3. The number of nitrogens with zero attached hydrogens (tertiary/aromatic N) is 2. The van der Waals surface area contributed by atoms with Gasteiger partial charge in [0.1, 0.15) is 12.1 Å². The molecule has 4 rings (SSSR count). The topological polar surface area (TPSA) is 63.8 Å². The van der Waals surface area contributed by atoms with Crippen LogP contribution in [0.1, 0.15) is 17.2 Å². The van der Waals surface area contributed by atoms with Crippen LogP contribution in [0.5, 0.6) is 0 Å². The van der Waals surface area contributed by atoms with Gasteiger partial charge in [0.05, 0.1) is 5.69 Å². The Balaban J connectivity index is 1.42. The fourth-order valence-corrected chi connectivity index (χ4v) is 3.43. The molecule has 150 valence electrons. The molecule has 0 fully saturated rings. The van der Waals surface area contributed by atoms with Crippen molar-refractivity contribution in [1.29, 1.82) is 0 Å². The predicted octanol–water partition coefficient (Wildman–Crippen LogP) is 5.88. The molecule has 3 N–H and O–H groups in total. The van der Waals surface area contributed by atoms with Crippen LogP contribution in [0.4, 0.5) is 5.82 Å². The van der Waals surface area contributed by atoms with E-state index in [1.165, 1.54) is 11.1 Å². The second kappa shape index (κ2) is 9.08. The molecule has 0 unspecified atom stereocenters. The minimum absolute atomic E-state index is 0.151. The fourth-order valence-electron chi connectivity index (χ4n) is 3.25. The van der Waals surface area contributed by atoms with Gasteiger partial charge < -0.3 is 11.1 Å². The second-order valence-corrected chi connectivity index (χ2v) is 7.64. The molecule has 0 aliphatic rings. The molecule has 3 aromatic carbocycles. The number of nitrogens with one attached hydrogen (secondary N) is 1. The van der Waals surface area contributed by atoms with Crippen molar-refractivity contribution in [2.24, 2.45) is 5.73 Å². The molecule has 0 spiro atoms. The van der Waals surface area contributed by atoms with Crippen molar-refractivity contribution >= 4 is 17.4 Å². The Morgan fingerprint density at radius 1 is 0.867 bits per heavy atom. The largest absolute Gasteiger partial charge is 0.368 e. The molecule has 4 aromatic rings. The van der Waals surface area contributed by atoms with Crippen LogP contribution < -0.4 is 11.1 Å². The molecule has 0 aliphatic carbocycles. The molecular formula is C25H23ClN4. The summed E-state index contributed by atoms with van der Waals surface area (Å²) in [4.78, 5) is 8.68. The third kappa shape index (κ3) is 4.67. The third-order valence-electron chi connectivity index (χ3n) is 5.08. The number of hydrogen-bond donors (Lipinski definition) is 2. The quantitative estimate of drug-likeness (QED) is 0.413. The van der Waals surface area contributed by atoms with E-state index in [4.69, 9.17) is 17.3 Å². The lowest BCUT2D eigenvalue weighted by atomic mass is 10.0. The minimum atomic E-state index is -0.151. The van der Waals surface area contributed by atoms with Crippen LogP contribution in [-0.4, -0.2) is 16.5 Å². The Labute approximate surface area is 181 Å². The van der Waals surface area contributed by atoms with Gasteiger partial charge in [0, 0.05) is 29.2 Å². The van der Waals surface area contributed by atoms with E-state index in [2.05, 4.69) is 51.7 Å². The lowest BCUT2D eigenvalue weighted by molar-refractivity contribution is 0.761. The number of aryl methyl sites for hydroxylation is 1. The van der Waals surface area contributed by atoms with E-state index in [1.54, 1.807) is 6.33 Å². The molecule has 4 nitrogen and oxygen atoms in total. The molecule has 1 atom stereocenters. The predicted molar refractivity (Wildman–Crippen MR) is 125 cm³/mol. The second-order valence-electron chi connectivity index (χ2n) is 7.23. The average Bonchev–Trinajstić information content (AvgIpc) is 2.80. The summed E-state index contributed by atoms with van der Waals surface area (Å²) in [5.74, 6) is 0.730. The molecule has 0 radical (unpaired) electrons. The lowest BCUT2D eigenvalue weighted by Gasteiger charge is -2.15. The van der Waals surface area contributed by atoms with Crippen LogP contribution in [0.2, 0.25) is 5.02 Å². The Kier molecular flexibility index (Phi) is 6.07. The highest BCUT2D eigenvalue weighted by atomic mass is 35.5. The smallest absolute Gasteiger partial charge is 0.130 e. The van der Waals surface area contributed by atoms with Gasteiger partial charge in [0.25, 0.3) is 0 Å². The van der Waals surface area contributed by atoms with Crippen LogP contribution in [0, 0.1) is 6.92 Å². The summed E-state index contributed by atoms with van der Waals surface area (Å²) in [5.41, 5.74) is 12.6. The summed E-state index contributed by atoms with van der Waals surface area (Å²) in [6.45, 7) is 2.54. The fraction of sp³-hybridized carbons (Fsp3) is 0.120. The summed E-state index contributed by atoms with van der Waals surface area (Å²) in [5, 5.41) is 4.04. The Bertz CT molecular complexity index is 1130. The molecular weight excluding hydrogens is 392 g/mol. The zero-order chi connectivity index (χ0) is 20.9. The van der Waals surface area contributed by atoms with Crippen molar-refractivity contribution in [3.63, 3.8) is 0 Å². The molecule has 0 aliphatic heterocycles. The van der Waals surface area contributed by atoms with Gasteiger partial charge in [-0.3, -0.25) is 0 Å². The number of aromatic nitrogens is 2. The van der Waals surface area contributed by atoms with E-state index >= 15 is 0 Å². The van der Waals surface area contributed by atoms with Gasteiger partial charge in [0.15, 0.2) is 0 Å². The van der Waals surface area contributed by atoms with E-state index < -0.39 is 0 Å². The van der Waals surface area contributed by atoms with Crippen LogP contribution in [-0.2, 0) is 0 Å². The molecule has 0 amide bonds. The molecule has 30 heavy (non-hydrogen) atoms. The van der Waals surface area contributed by atoms with Crippen molar-refractivity contribution in [2.75, 3.05) is 11.9 Å². The summed E-state index contributed by atoms with van der Waals surface area (Å²) in [6.07, 6.45) is 1.55. The van der Waals surface area contributed by atoms with E-state index in [0.717, 1.165) is 33.2 Å². The highest BCUT2D eigenvalue weighted by Crippen LogP contribution is 2.25. The SMILES string of the molecule is Cc1ccc(-c2cc(NC[C@H](N)c3ccc(-c4ccccc4)cc3)ncn2)cc1Cl. The first-order chi connectivity index (χ1) is 14.6. The van der Waals surface area contributed by atoms with Gasteiger partial charge in [-0.25, -0.2) is 9.97 Å². The van der Waals surface area contributed by atoms with Crippen LogP contribution in [0.15, 0.2) is 85.2 Å². The van der Waals surface area contributed by atoms with Gasteiger partial charge in [-0.2, -0.15) is 0 Å².